The Morgan fingerprint density at radius 1 is 1.20 bits per heavy atom. The van der Waals surface area contributed by atoms with Gasteiger partial charge >= 0.3 is 0 Å². The van der Waals surface area contributed by atoms with Crippen molar-refractivity contribution in [3.63, 3.8) is 0 Å². The van der Waals surface area contributed by atoms with Crippen molar-refractivity contribution in [2.45, 2.75) is 50.8 Å². The van der Waals surface area contributed by atoms with E-state index < -0.39 is 0 Å². The van der Waals surface area contributed by atoms with E-state index in [0.29, 0.717) is 0 Å². The highest BCUT2D eigenvalue weighted by Gasteiger charge is 2.23. The second-order valence-corrected chi connectivity index (χ2v) is 6.53. The van der Waals surface area contributed by atoms with Crippen molar-refractivity contribution < 1.29 is 0 Å². The molecule has 0 unspecified atom stereocenters. The van der Waals surface area contributed by atoms with Gasteiger partial charge in [0.1, 0.15) is 0 Å². The number of fused-ring (bicyclic) bond motifs is 1. The predicted molar refractivity (Wildman–Crippen MR) is 91.3 cm³/mol. The normalized spacial score (nSPS) is 15.7. The van der Waals surface area contributed by atoms with E-state index in [4.69, 9.17) is 0 Å². The Hall–Kier alpha value is -1.15. The van der Waals surface area contributed by atoms with Gasteiger partial charge < -0.3 is 4.90 Å². The monoisotopic (exact) mass is 287 g/mol. The summed E-state index contributed by atoms with van der Waals surface area (Å²) in [6, 6.07) is 8.69. The quantitative estimate of drug-likeness (QED) is 0.567. The van der Waals surface area contributed by atoms with Gasteiger partial charge in [0.2, 0.25) is 0 Å². The number of benzene rings is 1. The average Bonchev–Trinajstić information content (AvgIpc) is 2.75. The molecule has 0 N–H and O–H groups in total. The van der Waals surface area contributed by atoms with E-state index in [1.807, 2.05) is 11.8 Å². The zero-order chi connectivity index (χ0) is 14.4. The molecule has 0 radical (unpaired) electrons. The SMILES string of the molecule is C=C(C)/C=C1\Sc2ccccc2N1CCCCCCC. The molecule has 2 rings (SSSR count). The van der Waals surface area contributed by atoms with Crippen molar-refractivity contribution in [2.75, 3.05) is 11.4 Å². The highest BCUT2D eigenvalue weighted by atomic mass is 32.2. The highest BCUT2D eigenvalue weighted by Crippen LogP contribution is 2.46. The van der Waals surface area contributed by atoms with Crippen LogP contribution in [-0.2, 0) is 0 Å². The lowest BCUT2D eigenvalue weighted by Gasteiger charge is -2.20. The highest BCUT2D eigenvalue weighted by molar-refractivity contribution is 8.03. The second-order valence-electron chi connectivity index (χ2n) is 5.46. The number of nitrogens with zero attached hydrogens (tertiary/aromatic N) is 1. The molecule has 0 saturated carbocycles. The molecule has 1 aromatic carbocycles. The van der Waals surface area contributed by atoms with Crippen LogP contribution in [0.15, 0.2) is 52.4 Å². The number of unbranched alkanes of at least 4 members (excludes halogenated alkanes) is 4. The van der Waals surface area contributed by atoms with Gasteiger partial charge in [0.25, 0.3) is 0 Å². The summed E-state index contributed by atoms with van der Waals surface area (Å²) in [5, 5.41) is 1.33. The maximum atomic E-state index is 4.02. The molecular weight excluding hydrogens is 262 g/mol. The van der Waals surface area contributed by atoms with Gasteiger partial charge in [-0.2, -0.15) is 0 Å². The van der Waals surface area contributed by atoms with Crippen LogP contribution < -0.4 is 4.90 Å². The number of hydrogen-bond donors (Lipinski definition) is 0. The van der Waals surface area contributed by atoms with Crippen LogP contribution in [-0.4, -0.2) is 6.54 Å². The van der Waals surface area contributed by atoms with Gasteiger partial charge in [0.05, 0.1) is 10.7 Å². The summed E-state index contributed by atoms with van der Waals surface area (Å²) in [6.07, 6.45) is 8.83. The largest absolute Gasteiger partial charge is 0.335 e. The topological polar surface area (TPSA) is 3.24 Å². The molecular formula is C18H25NS. The minimum atomic E-state index is 1.12. The minimum absolute atomic E-state index is 1.12. The summed E-state index contributed by atoms with van der Waals surface area (Å²) in [5.74, 6) is 0. The summed E-state index contributed by atoms with van der Waals surface area (Å²) >= 11 is 1.87. The maximum absolute atomic E-state index is 4.02. The minimum Gasteiger partial charge on any atom is -0.335 e. The van der Waals surface area contributed by atoms with Crippen molar-refractivity contribution in [3.05, 3.63) is 47.5 Å². The summed E-state index contributed by atoms with van der Waals surface area (Å²) in [5.41, 5.74) is 2.48. The van der Waals surface area contributed by atoms with Gasteiger partial charge in [0.15, 0.2) is 0 Å². The number of hydrogen-bond acceptors (Lipinski definition) is 2. The molecule has 1 heterocycles. The van der Waals surface area contributed by atoms with E-state index in [0.717, 1.165) is 12.1 Å². The van der Waals surface area contributed by atoms with Gasteiger partial charge in [-0.15, -0.1) is 0 Å². The molecule has 1 nitrogen and oxygen atoms in total. The van der Waals surface area contributed by atoms with Gasteiger partial charge in [-0.05, 0) is 31.6 Å². The fourth-order valence-corrected chi connectivity index (χ4v) is 3.69. The van der Waals surface area contributed by atoms with Gasteiger partial charge in [-0.3, -0.25) is 0 Å². The molecule has 0 spiro atoms. The molecule has 0 bridgehead atoms. The van der Waals surface area contributed by atoms with Crippen LogP contribution in [0.4, 0.5) is 5.69 Å². The Bertz CT molecular complexity index is 490. The third-order valence-electron chi connectivity index (χ3n) is 3.49. The second kappa shape index (κ2) is 7.58. The third kappa shape index (κ3) is 3.92. The van der Waals surface area contributed by atoms with E-state index >= 15 is 0 Å². The molecule has 2 heteroatoms. The zero-order valence-electron chi connectivity index (χ0n) is 12.7. The molecule has 0 saturated heterocycles. The average molecular weight is 287 g/mol. The van der Waals surface area contributed by atoms with Crippen LogP contribution in [0.5, 0.6) is 0 Å². The molecule has 1 aliphatic rings. The van der Waals surface area contributed by atoms with Crippen molar-refractivity contribution in [2.24, 2.45) is 0 Å². The molecule has 108 valence electrons. The molecule has 0 amide bonds. The zero-order valence-corrected chi connectivity index (χ0v) is 13.5. The number of thioether (sulfide) groups is 1. The maximum Gasteiger partial charge on any atom is 0.0803 e. The summed E-state index contributed by atoms with van der Waals surface area (Å²) in [6.45, 7) is 9.47. The Morgan fingerprint density at radius 3 is 2.70 bits per heavy atom. The van der Waals surface area contributed by atoms with Crippen LogP contribution in [0, 0.1) is 0 Å². The standard InChI is InChI=1S/C18H25NS/c1-4-5-6-7-10-13-19-16-11-8-9-12-17(16)20-18(19)14-15(2)3/h8-9,11-12,14H,2,4-7,10,13H2,1,3H3/b18-14-. The number of allylic oxidation sites excluding steroid dienone is 2. The first-order valence-corrected chi connectivity index (χ1v) is 8.45. The fraction of sp³-hybridized carbons (Fsp3) is 0.444. The van der Waals surface area contributed by atoms with Crippen LogP contribution in [0.3, 0.4) is 0 Å². The molecule has 20 heavy (non-hydrogen) atoms. The first kappa shape index (κ1) is 15.2. The van der Waals surface area contributed by atoms with E-state index in [9.17, 15) is 0 Å². The lowest BCUT2D eigenvalue weighted by atomic mass is 10.1. The number of para-hydroxylation sites is 1. The smallest absolute Gasteiger partial charge is 0.0803 e. The molecule has 1 aliphatic heterocycles. The Balaban J connectivity index is 2.03. The van der Waals surface area contributed by atoms with Crippen molar-refractivity contribution in [3.8, 4) is 0 Å². The fourth-order valence-electron chi connectivity index (χ4n) is 2.48. The Labute approximate surface area is 127 Å². The van der Waals surface area contributed by atoms with E-state index in [1.165, 1.54) is 47.7 Å². The van der Waals surface area contributed by atoms with Gasteiger partial charge in [-0.25, -0.2) is 0 Å². The molecule has 1 aromatic rings. The van der Waals surface area contributed by atoms with Crippen molar-refractivity contribution in [1.82, 2.24) is 0 Å². The summed E-state index contributed by atoms with van der Waals surface area (Å²) in [4.78, 5) is 3.83. The van der Waals surface area contributed by atoms with Crippen molar-refractivity contribution >= 4 is 17.4 Å². The third-order valence-corrected chi connectivity index (χ3v) is 4.60. The molecule has 0 atom stereocenters. The van der Waals surface area contributed by atoms with Gasteiger partial charge in [0, 0.05) is 11.4 Å². The van der Waals surface area contributed by atoms with E-state index in [1.54, 1.807) is 0 Å². The van der Waals surface area contributed by atoms with Gasteiger partial charge in [-0.1, -0.05) is 68.7 Å². The van der Waals surface area contributed by atoms with Crippen LogP contribution in [0.25, 0.3) is 0 Å². The number of anilines is 1. The van der Waals surface area contributed by atoms with Crippen LogP contribution >= 0.6 is 11.8 Å². The molecule has 0 aliphatic carbocycles. The predicted octanol–water partition coefficient (Wildman–Crippen LogP) is 5.99. The number of rotatable bonds is 7. The Morgan fingerprint density at radius 2 is 1.95 bits per heavy atom. The lowest BCUT2D eigenvalue weighted by molar-refractivity contribution is 0.632. The molecule has 0 fully saturated rings. The van der Waals surface area contributed by atoms with Crippen molar-refractivity contribution in [1.29, 1.82) is 0 Å². The van der Waals surface area contributed by atoms with Crippen LogP contribution in [0.2, 0.25) is 0 Å². The summed E-state index contributed by atoms with van der Waals surface area (Å²) < 4.78 is 0. The first-order valence-electron chi connectivity index (χ1n) is 7.64. The lowest BCUT2D eigenvalue weighted by Crippen LogP contribution is -2.19. The van der Waals surface area contributed by atoms with E-state index in [2.05, 4.69) is 55.7 Å². The van der Waals surface area contributed by atoms with Crippen LogP contribution in [0.1, 0.15) is 46.0 Å². The Kier molecular flexibility index (Phi) is 5.78. The molecule has 0 aromatic heterocycles. The summed E-state index contributed by atoms with van der Waals surface area (Å²) in [7, 11) is 0. The first-order chi connectivity index (χ1) is 9.72. The van der Waals surface area contributed by atoms with E-state index in [-0.39, 0.29) is 0 Å².